The van der Waals surface area contributed by atoms with Crippen LogP contribution in [0.4, 0.5) is 40.3 Å². The molecule has 1 aliphatic heterocycles. The summed E-state index contributed by atoms with van der Waals surface area (Å²) in [6.45, 7) is 2.77. The van der Waals surface area contributed by atoms with Crippen LogP contribution in [0.5, 0.6) is 0 Å². The van der Waals surface area contributed by atoms with E-state index in [1.165, 1.54) is 37.1 Å². The van der Waals surface area contributed by atoms with Crippen LogP contribution in [-0.4, -0.2) is 47.3 Å². The van der Waals surface area contributed by atoms with Gasteiger partial charge in [-0.15, -0.1) is 0 Å². The molecule has 7 nitrogen and oxygen atoms in total. The highest BCUT2D eigenvalue weighted by molar-refractivity contribution is 5.76. The summed E-state index contributed by atoms with van der Waals surface area (Å²) in [5, 5.41) is 2.78. The second-order valence-corrected chi connectivity index (χ2v) is 11.9. The number of alkyl carbamates (subject to hydrolysis) is 1. The number of likely N-dealkylation sites (tertiary alicyclic amines) is 1. The summed E-state index contributed by atoms with van der Waals surface area (Å²) >= 11 is 0. The van der Waals surface area contributed by atoms with Crippen molar-refractivity contribution < 1.29 is 49.9 Å². The van der Waals surface area contributed by atoms with E-state index in [0.717, 1.165) is 10.5 Å². The lowest BCUT2D eigenvalue weighted by Crippen LogP contribution is -2.58. The number of urea groups is 1. The number of carbonyl (C=O) groups is 3. The molecular formula is C34H34F7N3O4. The minimum absolute atomic E-state index is 0.0144. The minimum Gasteiger partial charge on any atom is -0.445 e. The number of hydrogen-bond donors (Lipinski definition) is 1. The van der Waals surface area contributed by atoms with Gasteiger partial charge in [-0.1, -0.05) is 36.4 Å². The van der Waals surface area contributed by atoms with Crippen LogP contribution < -0.4 is 5.32 Å². The normalized spacial score (nSPS) is 19.0. The summed E-state index contributed by atoms with van der Waals surface area (Å²) in [7, 11) is 1.25. The number of rotatable bonds is 8. The Balaban J connectivity index is 1.65. The van der Waals surface area contributed by atoms with Crippen LogP contribution in [-0.2, 0) is 28.5 Å². The van der Waals surface area contributed by atoms with E-state index in [4.69, 9.17) is 4.74 Å². The summed E-state index contributed by atoms with van der Waals surface area (Å²) in [4.78, 5) is 41.2. The van der Waals surface area contributed by atoms with Gasteiger partial charge >= 0.3 is 24.5 Å². The molecule has 48 heavy (non-hydrogen) atoms. The monoisotopic (exact) mass is 681 g/mol. The molecule has 0 spiro atoms. The topological polar surface area (TPSA) is 79.0 Å². The molecule has 1 fully saturated rings. The molecule has 3 aromatic carbocycles. The third kappa shape index (κ3) is 8.45. The van der Waals surface area contributed by atoms with Gasteiger partial charge in [0.1, 0.15) is 18.7 Å². The number of ether oxygens (including phenoxy) is 1. The van der Waals surface area contributed by atoms with Gasteiger partial charge in [0.15, 0.2) is 0 Å². The van der Waals surface area contributed by atoms with Crippen LogP contribution >= 0.6 is 0 Å². The molecule has 1 N–H and O–H groups in total. The van der Waals surface area contributed by atoms with Gasteiger partial charge in [0.05, 0.1) is 28.7 Å². The standard InChI is InChI=1S/C34H34F7N3O4/c1-21-15-27(35)9-10-28(21)29-19-32(12-14-45,42-30(46)48-20-23-7-5-4-6-8-23)11-13-44(29)31(47)43(3)22(2)24-16-25(33(36,37)38)18-26(17-24)34(39,40)41/h4-10,14-18,22,29H,11-13,19-20H2,1-3H3,(H,42,46)/t22-,29-,32?/m1/s1. The van der Waals surface area contributed by atoms with E-state index in [9.17, 15) is 45.1 Å². The number of piperidine rings is 1. The smallest absolute Gasteiger partial charge is 0.416 e. The van der Waals surface area contributed by atoms with Gasteiger partial charge in [-0.25, -0.2) is 14.0 Å². The number of hydrogen-bond acceptors (Lipinski definition) is 4. The molecule has 1 heterocycles. The van der Waals surface area contributed by atoms with Crippen molar-refractivity contribution >= 4 is 18.4 Å². The fourth-order valence-corrected chi connectivity index (χ4v) is 5.89. The van der Waals surface area contributed by atoms with Crippen LogP contribution in [0.1, 0.15) is 71.7 Å². The zero-order chi connectivity index (χ0) is 35.4. The molecule has 0 saturated carbocycles. The van der Waals surface area contributed by atoms with Crippen LogP contribution in [0.2, 0.25) is 0 Å². The molecule has 1 saturated heterocycles. The highest BCUT2D eigenvalue weighted by Crippen LogP contribution is 2.42. The average Bonchev–Trinajstić information content (AvgIpc) is 3.02. The molecule has 14 heteroatoms. The number of nitrogens with zero attached hydrogens (tertiary/aromatic N) is 2. The Hall–Kier alpha value is -4.62. The molecule has 4 rings (SSSR count). The average molecular weight is 682 g/mol. The first kappa shape index (κ1) is 36.2. The first-order valence-electron chi connectivity index (χ1n) is 15.0. The second-order valence-electron chi connectivity index (χ2n) is 11.9. The summed E-state index contributed by atoms with van der Waals surface area (Å²) in [6, 6.07) is 11.0. The van der Waals surface area contributed by atoms with Gasteiger partial charge in [0, 0.05) is 20.0 Å². The Bertz CT molecular complexity index is 1600. The predicted molar refractivity (Wildman–Crippen MR) is 161 cm³/mol. The van der Waals surface area contributed by atoms with Gasteiger partial charge in [-0.2, -0.15) is 26.3 Å². The maximum absolute atomic E-state index is 14.1. The number of halogens is 7. The molecule has 258 valence electrons. The van der Waals surface area contributed by atoms with Crippen molar-refractivity contribution in [2.75, 3.05) is 13.6 Å². The molecule has 0 aromatic heterocycles. The predicted octanol–water partition coefficient (Wildman–Crippen LogP) is 8.38. The molecule has 0 bridgehead atoms. The Morgan fingerprint density at radius 3 is 2.21 bits per heavy atom. The summed E-state index contributed by atoms with van der Waals surface area (Å²) in [5.41, 5.74) is -2.99. The zero-order valence-electron chi connectivity index (χ0n) is 26.3. The zero-order valence-corrected chi connectivity index (χ0v) is 26.3. The van der Waals surface area contributed by atoms with E-state index >= 15 is 0 Å². The van der Waals surface area contributed by atoms with Crippen molar-refractivity contribution in [1.29, 1.82) is 0 Å². The Morgan fingerprint density at radius 2 is 1.65 bits per heavy atom. The molecule has 1 unspecified atom stereocenters. The first-order chi connectivity index (χ1) is 22.4. The lowest BCUT2D eigenvalue weighted by molar-refractivity contribution is -0.143. The van der Waals surface area contributed by atoms with Gasteiger partial charge in [0.2, 0.25) is 0 Å². The molecular weight excluding hydrogens is 647 g/mol. The maximum Gasteiger partial charge on any atom is 0.416 e. The third-order valence-electron chi connectivity index (χ3n) is 8.66. The van der Waals surface area contributed by atoms with Crippen molar-refractivity contribution in [3.8, 4) is 0 Å². The van der Waals surface area contributed by atoms with Gasteiger partial charge in [0.25, 0.3) is 0 Å². The number of aldehydes is 1. The Kier molecular flexibility index (Phi) is 10.7. The van der Waals surface area contributed by atoms with Crippen molar-refractivity contribution in [3.05, 3.63) is 106 Å². The molecule has 3 aromatic rings. The van der Waals surface area contributed by atoms with Crippen LogP contribution in [0, 0.1) is 12.7 Å². The number of benzene rings is 3. The van der Waals surface area contributed by atoms with Crippen molar-refractivity contribution in [3.63, 3.8) is 0 Å². The summed E-state index contributed by atoms with van der Waals surface area (Å²) in [6.07, 6.45) is -10.5. The highest BCUT2D eigenvalue weighted by Gasteiger charge is 2.45. The molecule has 0 radical (unpaired) electrons. The second kappa shape index (κ2) is 14.2. The first-order valence-corrected chi connectivity index (χ1v) is 15.0. The van der Waals surface area contributed by atoms with E-state index in [0.29, 0.717) is 29.5 Å². The van der Waals surface area contributed by atoms with Crippen LogP contribution in [0.3, 0.4) is 0 Å². The quantitative estimate of drug-likeness (QED) is 0.192. The number of alkyl halides is 6. The van der Waals surface area contributed by atoms with E-state index in [-0.39, 0.29) is 38.5 Å². The van der Waals surface area contributed by atoms with E-state index < -0.39 is 64.6 Å². The third-order valence-corrected chi connectivity index (χ3v) is 8.66. The highest BCUT2D eigenvalue weighted by atomic mass is 19.4. The molecule has 3 atom stereocenters. The summed E-state index contributed by atoms with van der Waals surface area (Å²) in [5.74, 6) is -0.553. The lowest BCUT2D eigenvalue weighted by Gasteiger charge is -2.48. The maximum atomic E-state index is 14.1. The largest absolute Gasteiger partial charge is 0.445 e. The van der Waals surface area contributed by atoms with Gasteiger partial charge in [-0.05, 0) is 79.3 Å². The van der Waals surface area contributed by atoms with E-state index in [2.05, 4.69) is 5.32 Å². The SMILES string of the molecule is Cc1cc(F)ccc1[C@H]1CC(CC=O)(NC(=O)OCc2ccccc2)CCN1C(=O)N(C)[C@H](C)c1cc(C(F)(F)F)cc(C(F)(F)F)c1. The van der Waals surface area contributed by atoms with E-state index in [1.807, 2.05) is 0 Å². The minimum atomic E-state index is -5.08. The van der Waals surface area contributed by atoms with Crippen LogP contribution in [0.15, 0.2) is 66.7 Å². The molecule has 0 aliphatic carbocycles. The lowest BCUT2D eigenvalue weighted by atomic mass is 9.78. The van der Waals surface area contributed by atoms with Gasteiger partial charge in [-0.3, -0.25) is 0 Å². The van der Waals surface area contributed by atoms with Crippen molar-refractivity contribution in [1.82, 2.24) is 15.1 Å². The number of nitrogens with one attached hydrogen (secondary N) is 1. The van der Waals surface area contributed by atoms with Crippen molar-refractivity contribution in [2.24, 2.45) is 0 Å². The Morgan fingerprint density at radius 1 is 1.02 bits per heavy atom. The number of aryl methyl sites for hydroxylation is 1. The number of amides is 3. The summed E-state index contributed by atoms with van der Waals surface area (Å²) < 4.78 is 101. The fraction of sp³-hybridized carbons (Fsp3) is 0.382. The molecule has 3 amide bonds. The molecule has 1 aliphatic rings. The number of carbonyl (C=O) groups excluding carboxylic acids is 3. The Labute approximate surface area is 272 Å². The van der Waals surface area contributed by atoms with E-state index in [1.54, 1.807) is 37.3 Å². The van der Waals surface area contributed by atoms with Crippen LogP contribution in [0.25, 0.3) is 0 Å². The van der Waals surface area contributed by atoms with Crippen molar-refractivity contribution in [2.45, 2.75) is 69.7 Å². The van der Waals surface area contributed by atoms with Gasteiger partial charge < -0.3 is 24.6 Å². The fourth-order valence-electron chi connectivity index (χ4n) is 5.89.